The molecule has 0 fully saturated rings. The van der Waals surface area contributed by atoms with Crippen LogP contribution in [-0.2, 0) is 0 Å². The van der Waals surface area contributed by atoms with Crippen molar-refractivity contribution in [2.75, 3.05) is 0 Å². The van der Waals surface area contributed by atoms with Crippen LogP contribution >= 0.6 is 0 Å². The minimum absolute atomic E-state index is 0.978. The van der Waals surface area contributed by atoms with Gasteiger partial charge in [0.15, 0.2) is 0 Å². The van der Waals surface area contributed by atoms with Crippen molar-refractivity contribution in [1.29, 1.82) is 0 Å². The first kappa shape index (κ1) is 15.3. The van der Waals surface area contributed by atoms with Crippen LogP contribution in [0.1, 0.15) is 11.1 Å². The Morgan fingerprint density at radius 1 is 0.520 bits per heavy atom. The zero-order chi connectivity index (χ0) is 16.9. The highest BCUT2D eigenvalue weighted by molar-refractivity contribution is 5.62. The van der Waals surface area contributed by atoms with Gasteiger partial charge in [0.25, 0.3) is 0 Å². The van der Waals surface area contributed by atoms with E-state index in [-0.39, 0.29) is 0 Å². The average molecular weight is 321 g/mol. The second kappa shape index (κ2) is 7.10. The van der Waals surface area contributed by atoms with E-state index in [1.165, 1.54) is 0 Å². The third-order valence-corrected chi connectivity index (χ3v) is 4.04. The van der Waals surface area contributed by atoms with Gasteiger partial charge >= 0.3 is 0 Å². The molecule has 25 heavy (non-hydrogen) atoms. The first-order valence-electron chi connectivity index (χ1n) is 8.26. The fraction of sp³-hybridized carbons (Fsp3) is 0. The lowest BCUT2D eigenvalue weighted by Gasteiger charge is -2.07. The number of hydrogen-bond donors (Lipinski definition) is 0. The lowest BCUT2D eigenvalue weighted by Crippen LogP contribution is -1.91. The van der Waals surface area contributed by atoms with Crippen LogP contribution in [0.4, 0.5) is 0 Å². The van der Waals surface area contributed by atoms with Gasteiger partial charge in [0.2, 0.25) is 0 Å². The summed E-state index contributed by atoms with van der Waals surface area (Å²) in [6.07, 6.45) is 5.86. The quantitative estimate of drug-likeness (QED) is 0.502. The predicted molar refractivity (Wildman–Crippen MR) is 102 cm³/mol. The molecule has 0 aliphatic carbocycles. The molecule has 4 aromatic rings. The van der Waals surface area contributed by atoms with Crippen molar-refractivity contribution in [3.63, 3.8) is 0 Å². The van der Waals surface area contributed by atoms with Gasteiger partial charge in [0.05, 0.1) is 11.4 Å². The molecule has 0 unspecified atom stereocenters. The summed E-state index contributed by atoms with van der Waals surface area (Å²) in [4.78, 5) is 8.97. The van der Waals surface area contributed by atoms with Crippen molar-refractivity contribution in [2.45, 2.75) is 0 Å². The minimum Gasteiger partial charge on any atom is -0.256 e. The molecule has 2 aromatic heterocycles. The van der Waals surface area contributed by atoms with E-state index in [1.807, 2.05) is 60.9 Å². The van der Waals surface area contributed by atoms with E-state index in [1.54, 1.807) is 0 Å². The number of aromatic nitrogens is 2. The molecule has 0 N–H and O–H groups in total. The maximum Gasteiger partial charge on any atom is 0.0704 e. The van der Waals surface area contributed by atoms with Crippen molar-refractivity contribution in [1.82, 2.24) is 9.97 Å². The average Bonchev–Trinajstić information content (AvgIpc) is 2.70. The van der Waals surface area contributed by atoms with Gasteiger partial charge in [-0.05, 0) is 35.4 Å². The summed E-state index contributed by atoms with van der Waals surface area (Å²) >= 11 is 0. The summed E-state index contributed by atoms with van der Waals surface area (Å²) < 4.78 is 0. The molecule has 2 heteroatoms. The minimum atomic E-state index is 0.978. The molecule has 2 nitrogen and oxygen atoms in total. The van der Waals surface area contributed by atoms with E-state index in [0.717, 1.165) is 33.6 Å². The Bertz CT molecular complexity index is 882. The molecule has 4 rings (SSSR count). The second-order valence-electron chi connectivity index (χ2n) is 5.83. The summed E-state index contributed by atoms with van der Waals surface area (Å²) in [7, 11) is 0. The van der Waals surface area contributed by atoms with Gasteiger partial charge in [-0.15, -0.1) is 0 Å². The molecule has 0 spiro atoms. The SMILES string of the molecule is [CH](c1ccnc(-c2ccccc2)c1)c1ccnc(-c2ccccc2)c1. The van der Waals surface area contributed by atoms with E-state index in [9.17, 15) is 0 Å². The number of benzene rings is 2. The fourth-order valence-corrected chi connectivity index (χ4v) is 2.80. The Morgan fingerprint density at radius 2 is 0.960 bits per heavy atom. The zero-order valence-corrected chi connectivity index (χ0v) is 13.7. The summed E-state index contributed by atoms with van der Waals surface area (Å²) in [5, 5.41) is 0. The number of nitrogens with zero attached hydrogens (tertiary/aromatic N) is 2. The molecule has 119 valence electrons. The van der Waals surface area contributed by atoms with Crippen LogP contribution in [0.2, 0.25) is 0 Å². The van der Waals surface area contributed by atoms with Crippen LogP contribution in [-0.4, -0.2) is 9.97 Å². The number of rotatable bonds is 4. The topological polar surface area (TPSA) is 25.8 Å². The predicted octanol–water partition coefficient (Wildman–Crippen LogP) is 5.41. The first-order valence-corrected chi connectivity index (χ1v) is 8.26. The smallest absolute Gasteiger partial charge is 0.0704 e. The molecule has 0 bridgehead atoms. The lowest BCUT2D eigenvalue weighted by molar-refractivity contribution is 1.27. The second-order valence-corrected chi connectivity index (χ2v) is 5.83. The molecular weight excluding hydrogens is 304 g/mol. The Balaban J connectivity index is 1.61. The fourth-order valence-electron chi connectivity index (χ4n) is 2.80. The van der Waals surface area contributed by atoms with Crippen LogP contribution in [0.5, 0.6) is 0 Å². The van der Waals surface area contributed by atoms with Crippen LogP contribution in [0, 0.1) is 6.42 Å². The highest BCUT2D eigenvalue weighted by atomic mass is 14.7. The highest BCUT2D eigenvalue weighted by Gasteiger charge is 2.04. The van der Waals surface area contributed by atoms with E-state index in [2.05, 4.69) is 52.8 Å². The zero-order valence-electron chi connectivity index (χ0n) is 13.7. The van der Waals surface area contributed by atoms with Gasteiger partial charge in [-0.1, -0.05) is 60.7 Å². The number of hydrogen-bond acceptors (Lipinski definition) is 2. The summed E-state index contributed by atoms with van der Waals surface area (Å²) in [6.45, 7) is 0. The maximum absolute atomic E-state index is 4.48. The molecule has 2 heterocycles. The van der Waals surface area contributed by atoms with Gasteiger partial charge < -0.3 is 0 Å². The third-order valence-electron chi connectivity index (χ3n) is 4.04. The van der Waals surface area contributed by atoms with Gasteiger partial charge in [-0.3, -0.25) is 9.97 Å². The number of pyridine rings is 2. The summed E-state index contributed by atoms with van der Waals surface area (Å²) in [5.41, 5.74) is 6.45. The molecule has 0 aliphatic rings. The Kier molecular flexibility index (Phi) is 4.34. The monoisotopic (exact) mass is 321 g/mol. The van der Waals surface area contributed by atoms with Crippen molar-refractivity contribution in [2.24, 2.45) is 0 Å². The van der Waals surface area contributed by atoms with Gasteiger partial charge in [-0.25, -0.2) is 0 Å². The molecule has 2 aromatic carbocycles. The van der Waals surface area contributed by atoms with E-state index in [4.69, 9.17) is 0 Å². The standard InChI is InChI=1S/C23H17N2/c1-3-7-20(8-4-1)22-16-18(11-13-24-22)15-19-12-14-25-23(17-19)21-9-5-2-6-10-21/h1-17H. The normalized spacial score (nSPS) is 10.6. The first-order chi connectivity index (χ1) is 12.4. The maximum atomic E-state index is 4.48. The van der Waals surface area contributed by atoms with Gasteiger partial charge in [0.1, 0.15) is 0 Å². The van der Waals surface area contributed by atoms with Crippen molar-refractivity contribution < 1.29 is 0 Å². The highest BCUT2D eigenvalue weighted by Crippen LogP contribution is 2.22. The van der Waals surface area contributed by atoms with Crippen molar-refractivity contribution in [3.05, 3.63) is 115 Å². The lowest BCUT2D eigenvalue weighted by atomic mass is 10.0. The summed E-state index contributed by atoms with van der Waals surface area (Å²) in [5.74, 6) is 0. The van der Waals surface area contributed by atoms with E-state index in [0.29, 0.717) is 0 Å². The van der Waals surface area contributed by atoms with Crippen LogP contribution < -0.4 is 0 Å². The molecule has 0 aliphatic heterocycles. The Labute approximate surface area is 147 Å². The van der Waals surface area contributed by atoms with Gasteiger partial charge in [0, 0.05) is 29.9 Å². The third kappa shape index (κ3) is 3.64. The van der Waals surface area contributed by atoms with Crippen molar-refractivity contribution in [3.8, 4) is 22.5 Å². The van der Waals surface area contributed by atoms with Gasteiger partial charge in [-0.2, -0.15) is 0 Å². The summed E-state index contributed by atoms with van der Waals surface area (Å²) in [6, 6.07) is 28.7. The molecular formula is C23H17N2. The molecule has 1 radical (unpaired) electrons. The van der Waals surface area contributed by atoms with E-state index >= 15 is 0 Å². The molecule has 0 saturated heterocycles. The largest absolute Gasteiger partial charge is 0.256 e. The van der Waals surface area contributed by atoms with Crippen LogP contribution in [0.3, 0.4) is 0 Å². The van der Waals surface area contributed by atoms with E-state index < -0.39 is 0 Å². The molecule has 0 amide bonds. The molecule has 0 atom stereocenters. The molecule has 0 saturated carbocycles. The Morgan fingerprint density at radius 3 is 1.40 bits per heavy atom. The Hall–Kier alpha value is -3.26. The van der Waals surface area contributed by atoms with Crippen LogP contribution in [0.25, 0.3) is 22.5 Å². The van der Waals surface area contributed by atoms with Crippen molar-refractivity contribution >= 4 is 0 Å². The van der Waals surface area contributed by atoms with Crippen LogP contribution in [0.15, 0.2) is 97.3 Å².